The number of hydrogen-bond donors (Lipinski definition) is 1. The predicted octanol–water partition coefficient (Wildman–Crippen LogP) is 0.176. The Morgan fingerprint density at radius 3 is 2.56 bits per heavy atom. The van der Waals surface area contributed by atoms with Crippen molar-refractivity contribution >= 4 is 27.3 Å². The highest BCUT2D eigenvalue weighted by molar-refractivity contribution is 7.89. The minimum atomic E-state index is -3.55. The van der Waals surface area contributed by atoms with E-state index in [4.69, 9.17) is 10.5 Å². The van der Waals surface area contributed by atoms with Gasteiger partial charge in [-0.3, -0.25) is 4.79 Å². The maximum atomic E-state index is 12.4. The minimum Gasteiger partial charge on any atom is -0.379 e. The molecule has 2 rings (SSSR count). The molecule has 100 valence electrons. The fourth-order valence-electron chi connectivity index (χ4n) is 1.77. The molecule has 0 aliphatic carbocycles. The number of morpholine rings is 1. The van der Waals surface area contributed by atoms with Crippen molar-refractivity contribution in [1.29, 1.82) is 0 Å². The molecule has 1 amide bonds. The summed E-state index contributed by atoms with van der Waals surface area (Å²) in [5.74, 6) is -0.605. The van der Waals surface area contributed by atoms with Crippen LogP contribution in [0.1, 0.15) is 14.5 Å². The number of sulfonamides is 1. The Labute approximate surface area is 109 Å². The zero-order valence-electron chi connectivity index (χ0n) is 9.88. The summed E-state index contributed by atoms with van der Waals surface area (Å²) in [4.78, 5) is 12.1. The van der Waals surface area contributed by atoms with Gasteiger partial charge in [-0.15, -0.1) is 11.3 Å². The second-order valence-corrected chi connectivity index (χ2v) is 7.07. The quantitative estimate of drug-likeness (QED) is 0.859. The van der Waals surface area contributed by atoms with Gasteiger partial charge < -0.3 is 10.5 Å². The van der Waals surface area contributed by atoms with Crippen LogP contribution in [0.5, 0.6) is 0 Å². The van der Waals surface area contributed by atoms with Gasteiger partial charge in [0.05, 0.1) is 23.0 Å². The Morgan fingerprint density at radius 1 is 1.44 bits per heavy atom. The predicted molar refractivity (Wildman–Crippen MR) is 67.2 cm³/mol. The van der Waals surface area contributed by atoms with Crippen molar-refractivity contribution < 1.29 is 17.9 Å². The number of ether oxygens (including phenoxy) is 1. The number of nitrogens with zero attached hydrogens (tertiary/aromatic N) is 1. The second-order valence-electron chi connectivity index (χ2n) is 3.91. The molecule has 0 bridgehead atoms. The second kappa shape index (κ2) is 4.96. The van der Waals surface area contributed by atoms with E-state index in [1.807, 2.05) is 0 Å². The summed E-state index contributed by atoms with van der Waals surface area (Å²) in [6.07, 6.45) is 0. The minimum absolute atomic E-state index is 0.170. The highest BCUT2D eigenvalue weighted by atomic mass is 32.2. The summed E-state index contributed by atoms with van der Waals surface area (Å²) < 4.78 is 31.2. The molecule has 0 spiro atoms. The van der Waals surface area contributed by atoms with Gasteiger partial charge in [-0.05, 0) is 13.0 Å². The highest BCUT2D eigenvalue weighted by Crippen LogP contribution is 2.28. The Balaban J connectivity index is 2.37. The summed E-state index contributed by atoms with van der Waals surface area (Å²) in [5, 5.41) is 0. The van der Waals surface area contributed by atoms with Gasteiger partial charge in [0.25, 0.3) is 5.91 Å². The Morgan fingerprint density at radius 2 is 2.06 bits per heavy atom. The molecule has 1 fully saturated rings. The fourth-order valence-corrected chi connectivity index (χ4v) is 4.59. The SMILES string of the molecule is Cc1sc(C(N)=O)cc1S(=O)(=O)N1CCOCC1. The number of aryl methyl sites for hydroxylation is 1. The van der Waals surface area contributed by atoms with Gasteiger partial charge >= 0.3 is 0 Å². The van der Waals surface area contributed by atoms with E-state index in [1.165, 1.54) is 10.4 Å². The molecule has 0 aromatic carbocycles. The first-order chi connectivity index (χ1) is 8.43. The highest BCUT2D eigenvalue weighted by Gasteiger charge is 2.29. The van der Waals surface area contributed by atoms with Crippen molar-refractivity contribution in [2.45, 2.75) is 11.8 Å². The van der Waals surface area contributed by atoms with E-state index in [2.05, 4.69) is 0 Å². The summed E-state index contributed by atoms with van der Waals surface area (Å²) in [6.45, 7) is 3.13. The van der Waals surface area contributed by atoms with Crippen LogP contribution in [0.2, 0.25) is 0 Å². The Kier molecular flexibility index (Phi) is 3.71. The van der Waals surface area contributed by atoms with Gasteiger partial charge in [0.1, 0.15) is 0 Å². The van der Waals surface area contributed by atoms with Crippen LogP contribution in [0.4, 0.5) is 0 Å². The molecule has 2 N–H and O–H groups in total. The van der Waals surface area contributed by atoms with Gasteiger partial charge in [-0.25, -0.2) is 8.42 Å². The van der Waals surface area contributed by atoms with Crippen molar-refractivity contribution in [3.8, 4) is 0 Å². The molecule has 1 aromatic heterocycles. The normalized spacial score (nSPS) is 17.8. The van der Waals surface area contributed by atoms with E-state index in [1.54, 1.807) is 6.92 Å². The molecular formula is C10H14N2O4S2. The maximum Gasteiger partial charge on any atom is 0.258 e. The number of amides is 1. The Bertz CT molecular complexity index is 558. The fraction of sp³-hybridized carbons (Fsp3) is 0.500. The molecule has 0 saturated carbocycles. The van der Waals surface area contributed by atoms with Gasteiger partial charge in [-0.1, -0.05) is 0 Å². The molecule has 2 heterocycles. The third-order valence-corrected chi connectivity index (χ3v) is 5.92. The monoisotopic (exact) mass is 290 g/mol. The molecule has 6 nitrogen and oxygen atoms in total. The van der Waals surface area contributed by atoms with Crippen LogP contribution in [-0.2, 0) is 14.8 Å². The molecular weight excluding hydrogens is 276 g/mol. The van der Waals surface area contributed by atoms with E-state index >= 15 is 0 Å². The lowest BCUT2D eigenvalue weighted by atomic mass is 10.4. The first-order valence-electron chi connectivity index (χ1n) is 5.41. The lowest BCUT2D eigenvalue weighted by Gasteiger charge is -2.25. The van der Waals surface area contributed by atoms with Crippen LogP contribution >= 0.6 is 11.3 Å². The molecule has 1 aliphatic heterocycles. The zero-order valence-corrected chi connectivity index (χ0v) is 11.5. The number of hydrogen-bond acceptors (Lipinski definition) is 5. The van der Waals surface area contributed by atoms with Crippen molar-refractivity contribution in [3.63, 3.8) is 0 Å². The van der Waals surface area contributed by atoms with Crippen molar-refractivity contribution in [1.82, 2.24) is 4.31 Å². The summed E-state index contributed by atoms with van der Waals surface area (Å²) in [5.41, 5.74) is 5.16. The lowest BCUT2D eigenvalue weighted by molar-refractivity contribution is 0.0730. The number of carbonyl (C=O) groups is 1. The largest absolute Gasteiger partial charge is 0.379 e. The van der Waals surface area contributed by atoms with Crippen LogP contribution in [0, 0.1) is 6.92 Å². The number of primary amides is 1. The maximum absolute atomic E-state index is 12.4. The number of carbonyl (C=O) groups excluding carboxylic acids is 1. The molecule has 1 saturated heterocycles. The van der Waals surface area contributed by atoms with E-state index < -0.39 is 15.9 Å². The van der Waals surface area contributed by atoms with E-state index in [9.17, 15) is 13.2 Å². The number of rotatable bonds is 3. The van der Waals surface area contributed by atoms with E-state index in [0.717, 1.165) is 11.3 Å². The Hall–Kier alpha value is -0.960. The van der Waals surface area contributed by atoms with Crippen molar-refractivity contribution in [2.24, 2.45) is 5.73 Å². The van der Waals surface area contributed by atoms with Crippen LogP contribution in [-0.4, -0.2) is 44.9 Å². The summed E-state index contributed by atoms with van der Waals surface area (Å²) in [6, 6.07) is 1.35. The molecule has 1 aliphatic rings. The number of nitrogens with two attached hydrogens (primary N) is 1. The van der Waals surface area contributed by atoms with Crippen LogP contribution in [0.25, 0.3) is 0 Å². The average Bonchev–Trinajstić information content (AvgIpc) is 2.73. The van der Waals surface area contributed by atoms with Gasteiger partial charge in [-0.2, -0.15) is 4.31 Å². The smallest absolute Gasteiger partial charge is 0.258 e. The average molecular weight is 290 g/mol. The van der Waals surface area contributed by atoms with Crippen molar-refractivity contribution in [3.05, 3.63) is 15.8 Å². The summed E-state index contributed by atoms with van der Waals surface area (Å²) in [7, 11) is -3.55. The number of thiophene rings is 1. The first-order valence-corrected chi connectivity index (χ1v) is 7.66. The van der Waals surface area contributed by atoms with E-state index in [0.29, 0.717) is 31.2 Å². The third-order valence-electron chi connectivity index (χ3n) is 2.70. The zero-order chi connectivity index (χ0) is 13.3. The molecule has 0 atom stereocenters. The topological polar surface area (TPSA) is 89.7 Å². The molecule has 1 aromatic rings. The van der Waals surface area contributed by atoms with E-state index in [-0.39, 0.29) is 9.77 Å². The lowest BCUT2D eigenvalue weighted by Crippen LogP contribution is -2.40. The first kappa shape index (κ1) is 13.5. The van der Waals surface area contributed by atoms with Crippen LogP contribution in [0.3, 0.4) is 0 Å². The van der Waals surface area contributed by atoms with Crippen LogP contribution in [0.15, 0.2) is 11.0 Å². The van der Waals surface area contributed by atoms with Crippen LogP contribution < -0.4 is 5.73 Å². The summed E-state index contributed by atoms with van der Waals surface area (Å²) >= 11 is 1.10. The third kappa shape index (κ3) is 2.41. The molecule has 18 heavy (non-hydrogen) atoms. The standard InChI is InChI=1S/C10H14N2O4S2/c1-7-9(6-8(17-7)10(11)13)18(14,15)12-2-4-16-5-3-12/h6H,2-5H2,1H3,(H2,11,13). The molecule has 0 radical (unpaired) electrons. The van der Waals surface area contributed by atoms with Gasteiger partial charge in [0.2, 0.25) is 10.0 Å². The van der Waals surface area contributed by atoms with Gasteiger partial charge in [0, 0.05) is 18.0 Å². The van der Waals surface area contributed by atoms with Crippen molar-refractivity contribution in [2.75, 3.05) is 26.3 Å². The molecule has 8 heteroatoms. The van der Waals surface area contributed by atoms with Gasteiger partial charge in [0.15, 0.2) is 0 Å². The molecule has 0 unspecified atom stereocenters.